The van der Waals surface area contributed by atoms with E-state index in [1.807, 2.05) is 12.1 Å². The number of aromatic nitrogens is 1. The number of hydrogen-bond acceptors (Lipinski definition) is 4. The van der Waals surface area contributed by atoms with E-state index in [1.54, 1.807) is 18.3 Å². The maximum Gasteiger partial charge on any atom is 0.228 e. The molecule has 25 heavy (non-hydrogen) atoms. The Morgan fingerprint density at radius 3 is 2.60 bits per heavy atom. The van der Waals surface area contributed by atoms with Crippen molar-refractivity contribution in [2.75, 3.05) is 36.5 Å². The topological polar surface area (TPSA) is 54.5 Å². The maximum atomic E-state index is 13.0. The third-order valence-electron chi connectivity index (χ3n) is 4.78. The molecular weight excluding hydrogens is 321 g/mol. The Balaban J connectivity index is 1.34. The van der Waals surface area contributed by atoms with E-state index in [4.69, 9.17) is 4.74 Å². The largest absolute Gasteiger partial charge is 0.378 e. The van der Waals surface area contributed by atoms with Crippen LogP contribution in [0.4, 0.5) is 15.9 Å². The number of halogens is 1. The second-order valence-electron chi connectivity index (χ2n) is 6.49. The molecule has 2 aromatic rings. The van der Waals surface area contributed by atoms with Crippen LogP contribution >= 0.6 is 0 Å². The van der Waals surface area contributed by atoms with Crippen molar-refractivity contribution in [3.05, 3.63) is 54.0 Å². The average molecular weight is 341 g/mol. The van der Waals surface area contributed by atoms with Crippen molar-refractivity contribution < 1.29 is 13.9 Å². The summed E-state index contributed by atoms with van der Waals surface area (Å²) in [5, 5.41) is 2.93. The molecule has 1 amide bonds. The molecule has 1 aromatic heterocycles. The molecule has 130 valence electrons. The van der Waals surface area contributed by atoms with Gasteiger partial charge in [-0.3, -0.25) is 4.79 Å². The highest BCUT2D eigenvalue weighted by Crippen LogP contribution is 2.47. The zero-order chi connectivity index (χ0) is 17.2. The van der Waals surface area contributed by atoms with Crippen molar-refractivity contribution in [2.45, 2.75) is 12.3 Å². The van der Waals surface area contributed by atoms with Crippen LogP contribution in [0.15, 0.2) is 42.6 Å². The summed E-state index contributed by atoms with van der Waals surface area (Å²) in [5.41, 5.74) is 1.72. The third kappa shape index (κ3) is 3.64. The van der Waals surface area contributed by atoms with E-state index in [0.29, 0.717) is 18.9 Å². The Hall–Kier alpha value is -2.47. The van der Waals surface area contributed by atoms with E-state index in [-0.39, 0.29) is 23.6 Å². The van der Waals surface area contributed by atoms with Gasteiger partial charge in [0.15, 0.2) is 0 Å². The number of hydrogen-bond donors (Lipinski definition) is 1. The van der Waals surface area contributed by atoms with E-state index >= 15 is 0 Å². The third-order valence-corrected chi connectivity index (χ3v) is 4.78. The minimum atomic E-state index is -0.253. The zero-order valence-electron chi connectivity index (χ0n) is 13.8. The summed E-state index contributed by atoms with van der Waals surface area (Å²) in [6, 6.07) is 10.2. The van der Waals surface area contributed by atoms with Crippen molar-refractivity contribution in [2.24, 2.45) is 5.92 Å². The predicted molar refractivity (Wildman–Crippen MR) is 93.1 cm³/mol. The van der Waals surface area contributed by atoms with Gasteiger partial charge in [0, 0.05) is 19.0 Å². The number of carbonyl (C=O) groups is 1. The van der Waals surface area contributed by atoms with Gasteiger partial charge < -0.3 is 15.0 Å². The Bertz CT molecular complexity index is 742. The SMILES string of the molecule is O=C(Nc1ccc(N2CCOCC2)nc1)[C@@H]1C[C@H]1c1ccc(F)cc1. The van der Waals surface area contributed by atoms with E-state index in [9.17, 15) is 9.18 Å². The number of amides is 1. The lowest BCUT2D eigenvalue weighted by Gasteiger charge is -2.27. The molecular formula is C19H20FN3O2. The second kappa shape index (κ2) is 6.80. The number of nitrogens with one attached hydrogen (secondary N) is 1. The van der Waals surface area contributed by atoms with Crippen LogP contribution in [0.25, 0.3) is 0 Å². The molecule has 1 saturated carbocycles. The van der Waals surface area contributed by atoms with Gasteiger partial charge in [0.05, 0.1) is 25.1 Å². The van der Waals surface area contributed by atoms with Crippen LogP contribution in [-0.2, 0) is 9.53 Å². The fourth-order valence-electron chi connectivity index (χ4n) is 3.24. The molecule has 2 fully saturated rings. The summed E-state index contributed by atoms with van der Waals surface area (Å²) in [5.74, 6) is 0.773. The number of morpholine rings is 1. The van der Waals surface area contributed by atoms with Crippen LogP contribution < -0.4 is 10.2 Å². The van der Waals surface area contributed by atoms with E-state index in [1.165, 1.54) is 12.1 Å². The highest BCUT2D eigenvalue weighted by molar-refractivity contribution is 5.95. The predicted octanol–water partition coefficient (Wildman–Crippen LogP) is 2.80. The molecule has 2 aliphatic rings. The minimum absolute atomic E-state index is 0.00440. The quantitative estimate of drug-likeness (QED) is 0.929. The van der Waals surface area contributed by atoms with Crippen LogP contribution in [0, 0.1) is 11.7 Å². The number of carbonyl (C=O) groups excluding carboxylic acids is 1. The lowest BCUT2D eigenvalue weighted by atomic mass is 10.1. The molecule has 1 saturated heterocycles. The highest BCUT2D eigenvalue weighted by atomic mass is 19.1. The summed E-state index contributed by atoms with van der Waals surface area (Å²) in [7, 11) is 0. The Morgan fingerprint density at radius 2 is 1.92 bits per heavy atom. The molecule has 0 bridgehead atoms. The van der Waals surface area contributed by atoms with Crippen molar-refractivity contribution in [3.63, 3.8) is 0 Å². The van der Waals surface area contributed by atoms with Crippen molar-refractivity contribution in [3.8, 4) is 0 Å². The van der Waals surface area contributed by atoms with Crippen LogP contribution in [0.5, 0.6) is 0 Å². The van der Waals surface area contributed by atoms with Gasteiger partial charge in [0.1, 0.15) is 11.6 Å². The summed E-state index contributed by atoms with van der Waals surface area (Å²) in [6.45, 7) is 3.10. The number of nitrogens with zero attached hydrogens (tertiary/aromatic N) is 2. The maximum absolute atomic E-state index is 13.0. The molecule has 1 aliphatic carbocycles. The van der Waals surface area contributed by atoms with E-state index in [2.05, 4.69) is 15.2 Å². The van der Waals surface area contributed by atoms with Gasteiger partial charge in [0.25, 0.3) is 0 Å². The zero-order valence-corrected chi connectivity index (χ0v) is 13.8. The second-order valence-corrected chi connectivity index (χ2v) is 6.49. The van der Waals surface area contributed by atoms with Gasteiger partial charge in [-0.05, 0) is 42.2 Å². The molecule has 1 aliphatic heterocycles. The summed E-state index contributed by atoms with van der Waals surface area (Å²) >= 11 is 0. The van der Waals surface area contributed by atoms with E-state index < -0.39 is 0 Å². The first-order chi connectivity index (χ1) is 12.2. The van der Waals surface area contributed by atoms with Crippen LogP contribution in [0.2, 0.25) is 0 Å². The minimum Gasteiger partial charge on any atom is -0.378 e. The molecule has 6 heteroatoms. The average Bonchev–Trinajstić information content (AvgIpc) is 3.45. The molecule has 1 N–H and O–H groups in total. The normalized spacial score (nSPS) is 22.5. The lowest BCUT2D eigenvalue weighted by Crippen LogP contribution is -2.36. The molecule has 1 aromatic carbocycles. The lowest BCUT2D eigenvalue weighted by molar-refractivity contribution is -0.117. The number of pyridine rings is 1. The molecule has 0 spiro atoms. The molecule has 2 heterocycles. The highest BCUT2D eigenvalue weighted by Gasteiger charge is 2.43. The monoisotopic (exact) mass is 341 g/mol. The van der Waals surface area contributed by atoms with Gasteiger partial charge >= 0.3 is 0 Å². The van der Waals surface area contributed by atoms with Crippen molar-refractivity contribution in [1.82, 2.24) is 4.98 Å². The van der Waals surface area contributed by atoms with Gasteiger partial charge in [-0.25, -0.2) is 9.37 Å². The molecule has 0 radical (unpaired) electrons. The number of ether oxygens (including phenoxy) is 1. The van der Waals surface area contributed by atoms with Gasteiger partial charge in [-0.15, -0.1) is 0 Å². The first-order valence-electron chi connectivity index (χ1n) is 8.56. The smallest absolute Gasteiger partial charge is 0.228 e. The summed E-state index contributed by atoms with van der Waals surface area (Å²) in [4.78, 5) is 19.0. The number of rotatable bonds is 4. The van der Waals surface area contributed by atoms with Crippen molar-refractivity contribution in [1.29, 1.82) is 0 Å². The molecule has 0 unspecified atom stereocenters. The molecule has 5 nitrogen and oxygen atoms in total. The number of anilines is 2. The Labute approximate surface area is 145 Å². The van der Waals surface area contributed by atoms with Crippen LogP contribution in [0.1, 0.15) is 17.9 Å². The molecule has 2 atom stereocenters. The fourth-order valence-corrected chi connectivity index (χ4v) is 3.24. The first kappa shape index (κ1) is 16.0. The van der Waals surface area contributed by atoms with Gasteiger partial charge in [0.2, 0.25) is 5.91 Å². The van der Waals surface area contributed by atoms with Gasteiger partial charge in [-0.1, -0.05) is 12.1 Å². The fraction of sp³-hybridized carbons (Fsp3) is 0.368. The standard InChI is InChI=1S/C19H20FN3O2/c20-14-3-1-13(2-4-14)16-11-17(16)19(24)22-15-5-6-18(21-12-15)23-7-9-25-10-8-23/h1-6,12,16-17H,7-11H2,(H,22,24)/t16-,17+/m0/s1. The Kier molecular flexibility index (Phi) is 4.36. The Morgan fingerprint density at radius 1 is 1.16 bits per heavy atom. The number of benzene rings is 1. The van der Waals surface area contributed by atoms with E-state index in [0.717, 1.165) is 30.9 Å². The summed E-state index contributed by atoms with van der Waals surface area (Å²) < 4.78 is 18.3. The molecule has 4 rings (SSSR count). The first-order valence-corrected chi connectivity index (χ1v) is 8.56. The van der Waals surface area contributed by atoms with Gasteiger partial charge in [-0.2, -0.15) is 0 Å². The van der Waals surface area contributed by atoms with Crippen LogP contribution in [-0.4, -0.2) is 37.2 Å². The van der Waals surface area contributed by atoms with Crippen molar-refractivity contribution >= 4 is 17.4 Å². The summed E-state index contributed by atoms with van der Waals surface area (Å²) in [6.07, 6.45) is 2.49. The van der Waals surface area contributed by atoms with Crippen LogP contribution in [0.3, 0.4) is 0 Å².